The third kappa shape index (κ3) is 3.39. The lowest BCUT2D eigenvalue weighted by Crippen LogP contribution is -2.24. The highest BCUT2D eigenvalue weighted by molar-refractivity contribution is 9.11. The molecule has 0 radical (unpaired) electrons. The average Bonchev–Trinajstić information content (AvgIpc) is 3.13. The molecule has 0 aliphatic carbocycles. The van der Waals surface area contributed by atoms with Crippen molar-refractivity contribution in [3.63, 3.8) is 0 Å². The maximum Gasteiger partial charge on any atom is 0.261 e. The van der Waals surface area contributed by atoms with E-state index in [0.29, 0.717) is 17.8 Å². The van der Waals surface area contributed by atoms with Crippen LogP contribution in [-0.2, 0) is 11.3 Å². The summed E-state index contributed by atoms with van der Waals surface area (Å²) in [6.07, 6.45) is 1.53. The Labute approximate surface area is 141 Å². The maximum absolute atomic E-state index is 12.0. The van der Waals surface area contributed by atoms with Gasteiger partial charge in [0.25, 0.3) is 5.91 Å². The van der Waals surface area contributed by atoms with Gasteiger partial charge >= 0.3 is 0 Å². The molecule has 114 valence electrons. The fraction of sp³-hybridized carbons (Fsp3) is 0.250. The van der Waals surface area contributed by atoms with Gasteiger partial charge in [-0.15, -0.1) is 11.3 Å². The molecule has 0 saturated carbocycles. The van der Waals surface area contributed by atoms with Gasteiger partial charge in [0, 0.05) is 25.2 Å². The molecule has 1 aromatic carbocycles. The average molecular weight is 379 g/mol. The van der Waals surface area contributed by atoms with Crippen LogP contribution in [0.25, 0.3) is 0 Å². The zero-order chi connectivity index (χ0) is 15.5. The van der Waals surface area contributed by atoms with Gasteiger partial charge in [0.15, 0.2) is 0 Å². The first-order chi connectivity index (χ1) is 10.6. The first-order valence-electron chi connectivity index (χ1n) is 7.06. The van der Waals surface area contributed by atoms with Gasteiger partial charge in [-0.1, -0.05) is 12.1 Å². The van der Waals surface area contributed by atoms with Crippen molar-refractivity contribution in [3.05, 3.63) is 50.6 Å². The molecule has 1 aromatic heterocycles. The van der Waals surface area contributed by atoms with Crippen molar-refractivity contribution in [3.8, 4) is 0 Å². The number of anilines is 1. The molecule has 0 bridgehead atoms. The summed E-state index contributed by atoms with van der Waals surface area (Å²) in [6, 6.07) is 11.4. The lowest BCUT2D eigenvalue weighted by Gasteiger charge is -2.16. The summed E-state index contributed by atoms with van der Waals surface area (Å²) in [4.78, 5) is 26.3. The van der Waals surface area contributed by atoms with E-state index in [9.17, 15) is 9.59 Å². The fourth-order valence-electron chi connectivity index (χ4n) is 2.46. The standard InChI is InChI=1S/C16H15BrN2O2S/c17-14-7-6-13(22-14)16(21)18-10-11-3-1-4-12(9-11)19-8-2-5-15(19)20/h1,3-4,6-7,9H,2,5,8,10H2,(H,18,21). The van der Waals surface area contributed by atoms with E-state index in [4.69, 9.17) is 0 Å². The molecule has 2 heterocycles. The van der Waals surface area contributed by atoms with Crippen LogP contribution in [-0.4, -0.2) is 18.4 Å². The van der Waals surface area contributed by atoms with Crippen molar-refractivity contribution < 1.29 is 9.59 Å². The van der Waals surface area contributed by atoms with Crippen LogP contribution >= 0.6 is 27.3 Å². The van der Waals surface area contributed by atoms with E-state index in [1.807, 2.05) is 35.2 Å². The summed E-state index contributed by atoms with van der Waals surface area (Å²) < 4.78 is 0.937. The van der Waals surface area contributed by atoms with E-state index in [-0.39, 0.29) is 11.8 Å². The maximum atomic E-state index is 12.0. The third-order valence-corrected chi connectivity index (χ3v) is 5.17. The van der Waals surface area contributed by atoms with Crippen LogP contribution in [0.4, 0.5) is 5.69 Å². The topological polar surface area (TPSA) is 49.4 Å². The predicted octanol–water partition coefficient (Wildman–Crippen LogP) is 3.57. The second-order valence-corrected chi connectivity index (χ2v) is 7.57. The molecule has 22 heavy (non-hydrogen) atoms. The molecule has 3 rings (SSSR count). The minimum absolute atomic E-state index is 0.0849. The van der Waals surface area contributed by atoms with Crippen LogP contribution in [0.5, 0.6) is 0 Å². The molecule has 0 unspecified atom stereocenters. The number of carbonyl (C=O) groups is 2. The first-order valence-corrected chi connectivity index (χ1v) is 8.67. The minimum Gasteiger partial charge on any atom is -0.347 e. The molecule has 0 atom stereocenters. The molecule has 4 nitrogen and oxygen atoms in total. The molecular formula is C16H15BrN2O2S. The zero-order valence-corrected chi connectivity index (χ0v) is 14.2. The van der Waals surface area contributed by atoms with Crippen LogP contribution in [0, 0.1) is 0 Å². The largest absolute Gasteiger partial charge is 0.347 e. The Morgan fingerprint density at radius 2 is 2.18 bits per heavy atom. The van der Waals surface area contributed by atoms with Crippen LogP contribution in [0.3, 0.4) is 0 Å². The second kappa shape index (κ2) is 6.62. The highest BCUT2D eigenvalue weighted by Gasteiger charge is 2.21. The molecule has 0 spiro atoms. The van der Waals surface area contributed by atoms with Gasteiger partial charge in [0.2, 0.25) is 5.91 Å². The number of amides is 2. The van der Waals surface area contributed by atoms with Crippen molar-refractivity contribution in [2.75, 3.05) is 11.4 Å². The van der Waals surface area contributed by atoms with E-state index in [1.54, 1.807) is 6.07 Å². The summed E-state index contributed by atoms with van der Waals surface area (Å²) in [5.74, 6) is 0.0861. The van der Waals surface area contributed by atoms with Gasteiger partial charge in [0.05, 0.1) is 8.66 Å². The summed E-state index contributed by atoms with van der Waals surface area (Å²) in [7, 11) is 0. The van der Waals surface area contributed by atoms with Crippen LogP contribution in [0.15, 0.2) is 40.2 Å². The van der Waals surface area contributed by atoms with Crippen molar-refractivity contribution in [2.24, 2.45) is 0 Å². The van der Waals surface area contributed by atoms with Gasteiger partial charge in [0.1, 0.15) is 0 Å². The van der Waals surface area contributed by atoms with Crippen molar-refractivity contribution in [1.82, 2.24) is 5.32 Å². The highest BCUT2D eigenvalue weighted by atomic mass is 79.9. The molecule has 1 aliphatic rings. The lowest BCUT2D eigenvalue weighted by molar-refractivity contribution is -0.117. The van der Waals surface area contributed by atoms with Crippen LogP contribution in [0.2, 0.25) is 0 Å². The normalized spacial score (nSPS) is 14.4. The van der Waals surface area contributed by atoms with E-state index < -0.39 is 0 Å². The number of hydrogen-bond acceptors (Lipinski definition) is 3. The van der Waals surface area contributed by atoms with E-state index in [2.05, 4.69) is 21.2 Å². The second-order valence-electron chi connectivity index (χ2n) is 5.11. The smallest absolute Gasteiger partial charge is 0.261 e. The monoisotopic (exact) mass is 378 g/mol. The summed E-state index contributed by atoms with van der Waals surface area (Å²) >= 11 is 4.76. The zero-order valence-electron chi connectivity index (χ0n) is 11.8. The Morgan fingerprint density at radius 1 is 1.32 bits per heavy atom. The number of benzene rings is 1. The van der Waals surface area contributed by atoms with Gasteiger partial charge in [-0.05, 0) is 52.2 Å². The summed E-state index contributed by atoms with van der Waals surface area (Å²) in [5, 5.41) is 2.90. The number of hydrogen-bond donors (Lipinski definition) is 1. The number of carbonyl (C=O) groups excluding carboxylic acids is 2. The number of rotatable bonds is 4. The molecule has 1 aliphatic heterocycles. The fourth-order valence-corrected chi connectivity index (χ4v) is 3.76. The Kier molecular flexibility index (Phi) is 4.59. The molecule has 2 aromatic rings. The number of nitrogens with one attached hydrogen (secondary N) is 1. The van der Waals surface area contributed by atoms with E-state index >= 15 is 0 Å². The number of thiophene rings is 1. The molecule has 1 saturated heterocycles. The van der Waals surface area contributed by atoms with Crippen molar-refractivity contribution >= 4 is 44.8 Å². The molecule has 2 amide bonds. The molecule has 1 N–H and O–H groups in total. The third-order valence-electron chi connectivity index (χ3n) is 3.55. The van der Waals surface area contributed by atoms with Gasteiger partial charge in [-0.2, -0.15) is 0 Å². The lowest BCUT2D eigenvalue weighted by atomic mass is 10.2. The Hall–Kier alpha value is -1.66. The Morgan fingerprint density at radius 3 is 2.86 bits per heavy atom. The van der Waals surface area contributed by atoms with Crippen LogP contribution in [0.1, 0.15) is 28.1 Å². The van der Waals surface area contributed by atoms with Crippen molar-refractivity contribution in [2.45, 2.75) is 19.4 Å². The van der Waals surface area contributed by atoms with Crippen molar-refractivity contribution in [1.29, 1.82) is 0 Å². The molecule has 1 fully saturated rings. The van der Waals surface area contributed by atoms with Gasteiger partial charge in [-0.3, -0.25) is 9.59 Å². The van der Waals surface area contributed by atoms with E-state index in [0.717, 1.165) is 28.0 Å². The minimum atomic E-state index is -0.0849. The Bertz CT molecular complexity index is 714. The van der Waals surface area contributed by atoms with E-state index in [1.165, 1.54) is 11.3 Å². The number of nitrogens with zero attached hydrogens (tertiary/aromatic N) is 1. The summed E-state index contributed by atoms with van der Waals surface area (Å²) in [6.45, 7) is 1.22. The molecule has 6 heteroatoms. The summed E-state index contributed by atoms with van der Waals surface area (Å²) in [5.41, 5.74) is 1.90. The molecular weight excluding hydrogens is 364 g/mol. The Balaban J connectivity index is 1.65. The predicted molar refractivity (Wildman–Crippen MR) is 91.2 cm³/mol. The first kappa shape index (κ1) is 15.2. The van der Waals surface area contributed by atoms with Crippen LogP contribution < -0.4 is 10.2 Å². The van der Waals surface area contributed by atoms with Gasteiger partial charge in [-0.25, -0.2) is 0 Å². The van der Waals surface area contributed by atoms with Gasteiger partial charge < -0.3 is 10.2 Å². The highest BCUT2D eigenvalue weighted by Crippen LogP contribution is 2.23. The SMILES string of the molecule is O=C(NCc1cccc(N2CCCC2=O)c1)c1ccc(Br)s1. The number of halogens is 1. The quantitative estimate of drug-likeness (QED) is 0.883.